The molecule has 0 bridgehead atoms. The molecule has 0 radical (unpaired) electrons. The number of anilines is 1. The molecule has 0 unspecified atom stereocenters. The van der Waals surface area contributed by atoms with Crippen molar-refractivity contribution in [2.75, 3.05) is 18.0 Å². The Hall–Kier alpha value is -3.89. The van der Waals surface area contributed by atoms with Crippen LogP contribution in [0.15, 0.2) is 54.0 Å². The Morgan fingerprint density at radius 2 is 1.83 bits per heavy atom. The van der Waals surface area contributed by atoms with Crippen LogP contribution in [0.2, 0.25) is 0 Å². The van der Waals surface area contributed by atoms with Crippen molar-refractivity contribution in [1.82, 2.24) is 24.5 Å². The maximum Gasteiger partial charge on any atom is 0.435 e. The van der Waals surface area contributed by atoms with Crippen LogP contribution in [0.3, 0.4) is 0 Å². The molecule has 1 fully saturated rings. The largest absolute Gasteiger partial charge is 0.435 e. The Morgan fingerprint density at radius 3 is 2.56 bits per heavy atom. The van der Waals surface area contributed by atoms with Gasteiger partial charge in [0.1, 0.15) is 12.1 Å². The first-order valence-electron chi connectivity index (χ1n) is 11.4. The number of para-hydroxylation sites is 1. The minimum Gasteiger partial charge on any atom is -0.369 e. The predicted molar refractivity (Wildman–Crippen MR) is 125 cm³/mol. The monoisotopic (exact) mass is 498 g/mol. The molecule has 4 heterocycles. The van der Waals surface area contributed by atoms with Crippen molar-refractivity contribution in [2.24, 2.45) is 0 Å². The summed E-state index contributed by atoms with van der Waals surface area (Å²) in [5.41, 5.74) is 0.693. The number of halogens is 4. The molecule has 5 rings (SSSR count). The highest BCUT2D eigenvalue weighted by Crippen LogP contribution is 2.33. The molecule has 0 saturated carbocycles. The summed E-state index contributed by atoms with van der Waals surface area (Å²) in [6.45, 7) is 2.51. The molecule has 11 heteroatoms. The summed E-state index contributed by atoms with van der Waals surface area (Å²) in [6.07, 6.45) is 1.32. The maximum absolute atomic E-state index is 14.5. The van der Waals surface area contributed by atoms with Gasteiger partial charge in [0.2, 0.25) is 0 Å². The lowest BCUT2D eigenvalue weighted by atomic mass is 9.89. The summed E-state index contributed by atoms with van der Waals surface area (Å²) in [6, 6.07) is 6.64. The van der Waals surface area contributed by atoms with Gasteiger partial charge in [-0.3, -0.25) is 14.3 Å². The minimum atomic E-state index is -4.71. The van der Waals surface area contributed by atoms with Gasteiger partial charge in [0.15, 0.2) is 5.69 Å². The second-order valence-electron chi connectivity index (χ2n) is 8.80. The molecule has 186 valence electrons. The number of nitrogens with zero attached hydrogens (tertiary/aromatic N) is 6. The van der Waals surface area contributed by atoms with Gasteiger partial charge in [-0.1, -0.05) is 12.1 Å². The first-order valence-corrected chi connectivity index (χ1v) is 11.4. The van der Waals surface area contributed by atoms with E-state index < -0.39 is 24.0 Å². The van der Waals surface area contributed by atoms with Crippen LogP contribution in [0.4, 0.5) is 23.2 Å². The minimum absolute atomic E-state index is 0.157. The molecule has 0 aliphatic carbocycles. The quantitative estimate of drug-likeness (QED) is 0.386. The van der Waals surface area contributed by atoms with E-state index in [1.54, 1.807) is 12.1 Å². The van der Waals surface area contributed by atoms with Gasteiger partial charge >= 0.3 is 6.18 Å². The van der Waals surface area contributed by atoms with Crippen molar-refractivity contribution < 1.29 is 17.6 Å². The number of piperidine rings is 1. The zero-order valence-corrected chi connectivity index (χ0v) is 19.3. The Bertz CT molecular complexity index is 1460. The first-order chi connectivity index (χ1) is 17.2. The van der Waals surface area contributed by atoms with Crippen molar-refractivity contribution in [3.05, 3.63) is 87.9 Å². The molecule has 4 aromatic rings. The molecule has 0 amide bonds. The van der Waals surface area contributed by atoms with E-state index in [9.17, 15) is 22.4 Å². The molecule has 1 aliphatic heterocycles. The number of rotatable bonds is 4. The Kier molecular flexibility index (Phi) is 6.15. The van der Waals surface area contributed by atoms with E-state index in [4.69, 9.17) is 0 Å². The second kappa shape index (κ2) is 9.29. The normalized spacial score (nSPS) is 15.0. The van der Waals surface area contributed by atoms with E-state index in [2.05, 4.69) is 19.9 Å². The van der Waals surface area contributed by atoms with Crippen molar-refractivity contribution >= 4 is 16.7 Å². The second-order valence-corrected chi connectivity index (χ2v) is 8.80. The van der Waals surface area contributed by atoms with Gasteiger partial charge in [-0.2, -0.15) is 13.2 Å². The smallest absolute Gasteiger partial charge is 0.369 e. The number of benzene rings is 1. The van der Waals surface area contributed by atoms with Crippen LogP contribution < -0.4 is 10.5 Å². The highest BCUT2D eigenvalue weighted by molar-refractivity contribution is 5.74. The standard InChI is InChI=1S/C25H22F4N6O/c1-15-3-2-4-18(26)22(15)34-9-5-16(6-10-34)17-11-19-21(12-30-14-33-19)35(24(17)36)13-20-23(25(27,28)29)32-8-7-31-20/h2-4,7-8,11-12,14,16H,5-6,9-10,13H2,1H3. The summed E-state index contributed by atoms with van der Waals surface area (Å²) in [7, 11) is 0. The SMILES string of the molecule is Cc1cccc(F)c1N1CCC(c2cc3ncncc3n(Cc3nccnc3C(F)(F)F)c2=O)CC1. The lowest BCUT2D eigenvalue weighted by Crippen LogP contribution is -2.36. The number of hydrogen-bond donors (Lipinski definition) is 0. The molecule has 36 heavy (non-hydrogen) atoms. The summed E-state index contributed by atoms with van der Waals surface area (Å²) in [5, 5.41) is 0. The van der Waals surface area contributed by atoms with Crippen LogP contribution in [0.1, 0.15) is 41.3 Å². The van der Waals surface area contributed by atoms with Crippen molar-refractivity contribution in [3.8, 4) is 0 Å². The van der Waals surface area contributed by atoms with Gasteiger partial charge in [0.25, 0.3) is 5.56 Å². The van der Waals surface area contributed by atoms with Crippen LogP contribution in [-0.4, -0.2) is 37.6 Å². The summed E-state index contributed by atoms with van der Waals surface area (Å²) in [5.74, 6) is -0.446. The molecule has 1 aliphatic rings. The van der Waals surface area contributed by atoms with Gasteiger partial charge in [-0.05, 0) is 43.4 Å². The zero-order valence-electron chi connectivity index (χ0n) is 19.3. The van der Waals surface area contributed by atoms with E-state index in [0.717, 1.165) is 11.8 Å². The van der Waals surface area contributed by atoms with Gasteiger partial charge in [0.05, 0.1) is 35.2 Å². The molecular weight excluding hydrogens is 476 g/mol. The Labute approximate surface area is 203 Å². The van der Waals surface area contributed by atoms with Crippen molar-refractivity contribution in [2.45, 2.75) is 38.4 Å². The lowest BCUT2D eigenvalue weighted by molar-refractivity contribution is -0.142. The third kappa shape index (κ3) is 4.40. The molecule has 1 saturated heterocycles. The average Bonchev–Trinajstić information content (AvgIpc) is 2.86. The summed E-state index contributed by atoms with van der Waals surface area (Å²) in [4.78, 5) is 31.1. The number of aryl methyl sites for hydroxylation is 1. The molecular formula is C25H22F4N6O. The summed E-state index contributed by atoms with van der Waals surface area (Å²) < 4.78 is 56.3. The predicted octanol–water partition coefficient (Wildman–Crippen LogP) is 4.48. The van der Waals surface area contributed by atoms with E-state index in [0.29, 0.717) is 48.2 Å². The number of fused-ring (bicyclic) bond motifs is 1. The molecule has 3 aromatic heterocycles. The van der Waals surface area contributed by atoms with Crippen molar-refractivity contribution in [1.29, 1.82) is 0 Å². The molecule has 1 aromatic carbocycles. The first kappa shape index (κ1) is 23.8. The highest BCUT2D eigenvalue weighted by Gasteiger charge is 2.36. The van der Waals surface area contributed by atoms with Gasteiger partial charge in [0, 0.05) is 31.0 Å². The maximum atomic E-state index is 14.5. The van der Waals surface area contributed by atoms with Crippen LogP contribution >= 0.6 is 0 Å². The van der Waals surface area contributed by atoms with E-state index in [-0.39, 0.29) is 17.4 Å². The lowest BCUT2D eigenvalue weighted by Gasteiger charge is -2.34. The third-order valence-electron chi connectivity index (χ3n) is 6.59. The molecule has 0 spiro atoms. The van der Waals surface area contributed by atoms with Crippen LogP contribution in [0, 0.1) is 12.7 Å². The van der Waals surface area contributed by atoms with Gasteiger partial charge < -0.3 is 4.90 Å². The number of pyridine rings is 1. The molecule has 7 nitrogen and oxygen atoms in total. The van der Waals surface area contributed by atoms with Crippen LogP contribution in [0.25, 0.3) is 11.0 Å². The van der Waals surface area contributed by atoms with Gasteiger partial charge in [-0.25, -0.2) is 19.3 Å². The number of alkyl halides is 3. The fourth-order valence-electron chi connectivity index (χ4n) is 4.88. The molecule has 0 N–H and O–H groups in total. The average molecular weight is 498 g/mol. The fraction of sp³-hybridized carbons (Fsp3) is 0.320. The Balaban J connectivity index is 1.51. The van der Waals surface area contributed by atoms with Crippen molar-refractivity contribution in [3.63, 3.8) is 0 Å². The Morgan fingerprint density at radius 1 is 1.08 bits per heavy atom. The van der Waals surface area contributed by atoms with E-state index >= 15 is 0 Å². The highest BCUT2D eigenvalue weighted by atomic mass is 19.4. The number of hydrogen-bond acceptors (Lipinski definition) is 6. The van der Waals surface area contributed by atoms with Crippen LogP contribution in [0.5, 0.6) is 0 Å². The number of aromatic nitrogens is 5. The fourth-order valence-corrected chi connectivity index (χ4v) is 4.88. The molecule has 0 atom stereocenters. The van der Waals surface area contributed by atoms with E-state index in [1.165, 1.54) is 29.4 Å². The zero-order chi connectivity index (χ0) is 25.4. The van der Waals surface area contributed by atoms with E-state index in [1.807, 2.05) is 17.9 Å². The topological polar surface area (TPSA) is 76.8 Å². The summed E-state index contributed by atoms with van der Waals surface area (Å²) >= 11 is 0. The van der Waals surface area contributed by atoms with Crippen LogP contribution in [-0.2, 0) is 12.7 Å². The van der Waals surface area contributed by atoms with Gasteiger partial charge in [-0.15, -0.1) is 0 Å². The third-order valence-corrected chi connectivity index (χ3v) is 6.59.